The van der Waals surface area contributed by atoms with Crippen LogP contribution in [0.2, 0.25) is 0 Å². The zero-order valence-corrected chi connectivity index (χ0v) is 20.9. The van der Waals surface area contributed by atoms with Crippen molar-refractivity contribution in [3.63, 3.8) is 0 Å². The second-order valence-electron chi connectivity index (χ2n) is 9.62. The SMILES string of the molecule is C[C@@H]1O[C@H](Oc2c(-c3ccc(O)cc3)oc3cc(O[C@@H]4OC[C@@H](O)[C@@H](O)[C@H]4O)cc(O)c3c2=O)[C@@H](O)[C@@H](O)[C@H]1O. The molecule has 5 rings (SSSR count). The number of rotatable bonds is 5. The van der Waals surface area contributed by atoms with Gasteiger partial charge in [-0.15, -0.1) is 0 Å². The first-order valence-corrected chi connectivity index (χ1v) is 12.3. The van der Waals surface area contributed by atoms with Crippen LogP contribution in [0.25, 0.3) is 22.3 Å². The highest BCUT2D eigenvalue weighted by atomic mass is 16.7. The molecule has 3 heterocycles. The van der Waals surface area contributed by atoms with Gasteiger partial charge in [-0.2, -0.15) is 0 Å². The Morgan fingerprint density at radius 1 is 0.825 bits per heavy atom. The van der Waals surface area contributed by atoms with Crippen LogP contribution >= 0.6 is 0 Å². The number of aliphatic hydroxyl groups is 6. The van der Waals surface area contributed by atoms with Gasteiger partial charge < -0.3 is 64.2 Å². The molecule has 0 aliphatic carbocycles. The molecule has 14 heteroatoms. The number of benzene rings is 2. The van der Waals surface area contributed by atoms with E-state index in [0.717, 1.165) is 6.07 Å². The molecule has 2 fully saturated rings. The molecule has 2 aromatic carbocycles. The van der Waals surface area contributed by atoms with E-state index in [9.17, 15) is 45.6 Å². The van der Waals surface area contributed by atoms with E-state index in [2.05, 4.69) is 0 Å². The predicted molar refractivity (Wildman–Crippen MR) is 133 cm³/mol. The summed E-state index contributed by atoms with van der Waals surface area (Å²) in [6, 6.07) is 7.69. The van der Waals surface area contributed by atoms with Crippen LogP contribution in [0, 0.1) is 0 Å². The summed E-state index contributed by atoms with van der Waals surface area (Å²) in [6.07, 6.45) is -13.3. The average Bonchev–Trinajstić information content (AvgIpc) is 2.92. The minimum Gasteiger partial charge on any atom is -0.508 e. The van der Waals surface area contributed by atoms with Crippen LogP contribution in [-0.2, 0) is 9.47 Å². The Balaban J connectivity index is 1.58. The molecule has 0 bridgehead atoms. The van der Waals surface area contributed by atoms with Crippen molar-refractivity contribution >= 4 is 11.0 Å². The zero-order chi connectivity index (χ0) is 28.9. The number of ether oxygens (including phenoxy) is 4. The molecule has 0 saturated carbocycles. The summed E-state index contributed by atoms with van der Waals surface area (Å²) in [5.41, 5.74) is -0.861. The van der Waals surface area contributed by atoms with E-state index in [1.165, 1.54) is 37.3 Å². The van der Waals surface area contributed by atoms with Crippen LogP contribution in [0.4, 0.5) is 0 Å². The maximum Gasteiger partial charge on any atom is 0.239 e. The Labute approximate surface area is 225 Å². The quantitative estimate of drug-likeness (QED) is 0.184. The van der Waals surface area contributed by atoms with Crippen molar-refractivity contribution in [2.75, 3.05) is 6.61 Å². The molecule has 2 aliphatic rings. The predicted octanol–water partition coefficient (Wildman–Crippen LogP) is -1.10. The Hall–Kier alpha value is -3.47. The van der Waals surface area contributed by atoms with Gasteiger partial charge in [-0.25, -0.2) is 0 Å². The number of fused-ring (bicyclic) bond motifs is 1. The molecule has 9 atom stereocenters. The minimum absolute atomic E-state index is 0.0852. The molecule has 216 valence electrons. The van der Waals surface area contributed by atoms with E-state index in [4.69, 9.17) is 23.4 Å². The minimum atomic E-state index is -1.76. The van der Waals surface area contributed by atoms with Crippen LogP contribution in [0.3, 0.4) is 0 Å². The molecule has 14 nitrogen and oxygen atoms in total. The van der Waals surface area contributed by atoms with Crippen LogP contribution in [0.5, 0.6) is 23.0 Å². The highest BCUT2D eigenvalue weighted by Gasteiger charge is 2.44. The third-order valence-corrected chi connectivity index (χ3v) is 6.78. The van der Waals surface area contributed by atoms with Crippen LogP contribution in [-0.4, -0.2) is 103 Å². The van der Waals surface area contributed by atoms with E-state index in [-0.39, 0.29) is 40.4 Å². The third kappa shape index (κ3) is 5.07. The third-order valence-electron chi connectivity index (χ3n) is 6.78. The van der Waals surface area contributed by atoms with Crippen molar-refractivity contribution in [3.8, 4) is 34.3 Å². The van der Waals surface area contributed by atoms with Crippen molar-refractivity contribution in [2.24, 2.45) is 0 Å². The lowest BCUT2D eigenvalue weighted by Crippen LogP contribution is -2.58. The smallest absolute Gasteiger partial charge is 0.239 e. The molecule has 0 spiro atoms. The molecule has 0 amide bonds. The van der Waals surface area contributed by atoms with Crippen molar-refractivity contribution < 1.29 is 64.2 Å². The molecule has 0 unspecified atom stereocenters. The van der Waals surface area contributed by atoms with Crippen molar-refractivity contribution in [2.45, 2.75) is 62.2 Å². The molecular formula is C26H28O14. The molecule has 0 radical (unpaired) electrons. The molecule has 2 saturated heterocycles. The number of phenolic OH excluding ortho intramolecular Hbond substituents is 2. The van der Waals surface area contributed by atoms with E-state index >= 15 is 0 Å². The summed E-state index contributed by atoms with van der Waals surface area (Å²) < 4.78 is 27.9. The number of aromatic hydroxyl groups is 2. The van der Waals surface area contributed by atoms with Gasteiger partial charge in [-0.1, -0.05) is 0 Å². The van der Waals surface area contributed by atoms with E-state index in [0.29, 0.717) is 0 Å². The maximum atomic E-state index is 13.6. The largest absolute Gasteiger partial charge is 0.508 e. The van der Waals surface area contributed by atoms with Gasteiger partial charge in [0.25, 0.3) is 0 Å². The van der Waals surface area contributed by atoms with E-state index in [1.54, 1.807) is 0 Å². The van der Waals surface area contributed by atoms with Crippen LogP contribution in [0.15, 0.2) is 45.6 Å². The summed E-state index contributed by atoms with van der Waals surface area (Å²) in [6.45, 7) is 1.10. The fourth-order valence-electron chi connectivity index (χ4n) is 4.48. The second kappa shape index (κ2) is 10.8. The summed E-state index contributed by atoms with van der Waals surface area (Å²) >= 11 is 0. The van der Waals surface area contributed by atoms with Crippen molar-refractivity contribution in [3.05, 3.63) is 46.6 Å². The van der Waals surface area contributed by atoms with Gasteiger partial charge in [-0.05, 0) is 31.2 Å². The first-order chi connectivity index (χ1) is 19.0. The normalized spacial score (nSPS) is 32.6. The standard InChI is InChI=1S/C26H28O14/c1-9-17(30)20(33)22(35)26(37-9)40-24-19(32)16-13(28)6-12(38-25-21(34)18(31)14(29)8-36-25)7-15(16)39-23(24)10-2-4-11(27)5-3-10/h2-7,9,14,17-18,20-22,25-31,33-35H,8H2,1H3/t9-,14+,17-,18+,20-,21+,22-,25-,26+/m0/s1. The fourth-order valence-corrected chi connectivity index (χ4v) is 4.48. The van der Waals surface area contributed by atoms with Gasteiger partial charge in [0, 0.05) is 17.7 Å². The average molecular weight is 564 g/mol. The highest BCUT2D eigenvalue weighted by Crippen LogP contribution is 2.38. The molecule has 2 aliphatic heterocycles. The van der Waals surface area contributed by atoms with Crippen molar-refractivity contribution in [1.82, 2.24) is 0 Å². The molecule has 3 aromatic rings. The lowest BCUT2D eigenvalue weighted by Gasteiger charge is -2.38. The number of phenols is 2. The Morgan fingerprint density at radius 3 is 2.20 bits per heavy atom. The van der Waals surface area contributed by atoms with Crippen LogP contribution < -0.4 is 14.9 Å². The first kappa shape index (κ1) is 28.1. The topological polar surface area (TPSA) is 229 Å². The number of aliphatic hydroxyl groups excluding tert-OH is 6. The summed E-state index contributed by atoms with van der Waals surface area (Å²) in [7, 11) is 0. The lowest BCUT2D eigenvalue weighted by molar-refractivity contribution is -0.268. The Morgan fingerprint density at radius 2 is 1.50 bits per heavy atom. The summed E-state index contributed by atoms with van der Waals surface area (Å²) in [4.78, 5) is 13.6. The monoisotopic (exact) mass is 564 g/mol. The molecular weight excluding hydrogens is 536 g/mol. The van der Waals surface area contributed by atoms with Gasteiger partial charge in [-0.3, -0.25) is 4.79 Å². The highest BCUT2D eigenvalue weighted by molar-refractivity contribution is 5.88. The summed E-state index contributed by atoms with van der Waals surface area (Å²) in [5, 5.41) is 80.5. The van der Waals surface area contributed by atoms with Gasteiger partial charge in [0.15, 0.2) is 5.76 Å². The maximum absolute atomic E-state index is 13.6. The van der Waals surface area contributed by atoms with Crippen LogP contribution in [0.1, 0.15) is 6.92 Å². The summed E-state index contributed by atoms with van der Waals surface area (Å²) in [5.74, 6) is -1.54. The Kier molecular flexibility index (Phi) is 7.60. The zero-order valence-electron chi connectivity index (χ0n) is 20.9. The van der Waals surface area contributed by atoms with Crippen molar-refractivity contribution in [1.29, 1.82) is 0 Å². The Bertz CT molecular complexity index is 1420. The lowest BCUT2D eigenvalue weighted by atomic mass is 10.00. The van der Waals surface area contributed by atoms with Gasteiger partial charge in [0.1, 0.15) is 64.8 Å². The van der Waals surface area contributed by atoms with E-state index < -0.39 is 72.2 Å². The molecule has 40 heavy (non-hydrogen) atoms. The number of hydrogen-bond donors (Lipinski definition) is 8. The fraction of sp³-hybridized carbons (Fsp3) is 0.423. The van der Waals surface area contributed by atoms with Gasteiger partial charge in [0.2, 0.25) is 23.8 Å². The van der Waals surface area contributed by atoms with E-state index in [1.807, 2.05) is 0 Å². The van der Waals surface area contributed by atoms with Gasteiger partial charge in [0.05, 0.1) is 12.7 Å². The molecule has 8 N–H and O–H groups in total. The second-order valence-corrected chi connectivity index (χ2v) is 9.62. The molecule has 1 aromatic heterocycles. The van der Waals surface area contributed by atoms with Gasteiger partial charge >= 0.3 is 0 Å². The first-order valence-electron chi connectivity index (χ1n) is 12.3. The number of hydrogen-bond acceptors (Lipinski definition) is 14.